The molecule has 186 valence electrons. The van der Waals surface area contributed by atoms with E-state index in [-0.39, 0.29) is 18.7 Å². The van der Waals surface area contributed by atoms with Gasteiger partial charge in [-0.15, -0.1) is 0 Å². The Morgan fingerprint density at radius 2 is 1.89 bits per heavy atom. The van der Waals surface area contributed by atoms with E-state index in [1.165, 1.54) is 4.90 Å². The normalized spacial score (nSPS) is 19.2. The number of pyridine rings is 1. The van der Waals surface area contributed by atoms with Crippen molar-refractivity contribution in [3.63, 3.8) is 0 Å². The van der Waals surface area contributed by atoms with Crippen LogP contribution in [0.15, 0.2) is 42.7 Å². The van der Waals surface area contributed by atoms with Crippen LogP contribution in [-0.2, 0) is 22.5 Å². The van der Waals surface area contributed by atoms with E-state index in [4.69, 9.17) is 14.2 Å². The number of amides is 3. The summed E-state index contributed by atoms with van der Waals surface area (Å²) in [6, 6.07) is 9.74. The highest BCUT2D eigenvalue weighted by Crippen LogP contribution is 2.38. The summed E-state index contributed by atoms with van der Waals surface area (Å²) in [6.07, 6.45) is 6.30. The Morgan fingerprint density at radius 1 is 1.06 bits per heavy atom. The molecule has 0 aliphatic carbocycles. The van der Waals surface area contributed by atoms with Crippen molar-refractivity contribution >= 4 is 11.9 Å². The van der Waals surface area contributed by atoms with Crippen LogP contribution in [-0.4, -0.2) is 83.8 Å². The van der Waals surface area contributed by atoms with Crippen molar-refractivity contribution in [1.82, 2.24) is 19.7 Å². The molecule has 1 aromatic heterocycles. The minimum absolute atomic E-state index is 0.0625. The fraction of sp³-hybridized carbons (Fsp3) is 0.500. The largest absolute Gasteiger partial charge is 0.454 e. The second kappa shape index (κ2) is 10.2. The minimum atomic E-state index is -0.782. The average Bonchev–Trinajstić information content (AvgIpc) is 3.42. The van der Waals surface area contributed by atoms with Crippen LogP contribution in [0.2, 0.25) is 0 Å². The van der Waals surface area contributed by atoms with Gasteiger partial charge in [0.2, 0.25) is 6.79 Å². The van der Waals surface area contributed by atoms with Crippen molar-refractivity contribution in [3.05, 3.63) is 53.9 Å². The van der Waals surface area contributed by atoms with Gasteiger partial charge < -0.3 is 19.1 Å². The first-order valence-corrected chi connectivity index (χ1v) is 12.2. The van der Waals surface area contributed by atoms with Crippen molar-refractivity contribution in [2.75, 3.05) is 46.7 Å². The molecule has 0 radical (unpaired) electrons. The summed E-state index contributed by atoms with van der Waals surface area (Å²) < 4.78 is 16.2. The summed E-state index contributed by atoms with van der Waals surface area (Å²) in [5, 5.41) is 0. The zero-order valence-electron chi connectivity index (χ0n) is 20.1. The van der Waals surface area contributed by atoms with Crippen LogP contribution in [0.1, 0.15) is 30.4 Å². The molecule has 9 heteroatoms. The monoisotopic (exact) mass is 480 g/mol. The highest BCUT2D eigenvalue weighted by Gasteiger charge is 2.57. The Labute approximate surface area is 205 Å². The summed E-state index contributed by atoms with van der Waals surface area (Å²) in [4.78, 5) is 36.7. The van der Waals surface area contributed by atoms with E-state index in [9.17, 15) is 9.59 Å². The quantitative estimate of drug-likeness (QED) is 0.510. The van der Waals surface area contributed by atoms with Crippen LogP contribution in [0, 0.1) is 0 Å². The van der Waals surface area contributed by atoms with E-state index >= 15 is 0 Å². The lowest BCUT2D eigenvalue weighted by atomic mass is 9.85. The molecule has 0 N–H and O–H groups in total. The van der Waals surface area contributed by atoms with Gasteiger partial charge in [0.05, 0.1) is 6.61 Å². The maximum atomic E-state index is 13.7. The van der Waals surface area contributed by atoms with E-state index in [1.54, 1.807) is 18.2 Å². The first kappa shape index (κ1) is 23.6. The molecule has 2 saturated heterocycles. The van der Waals surface area contributed by atoms with Gasteiger partial charge in [0.15, 0.2) is 11.5 Å². The van der Waals surface area contributed by atoms with Crippen LogP contribution in [0.5, 0.6) is 11.5 Å². The molecule has 0 saturated carbocycles. The Kier molecular flexibility index (Phi) is 6.88. The van der Waals surface area contributed by atoms with Crippen LogP contribution in [0.4, 0.5) is 4.79 Å². The number of nitrogens with zero attached hydrogens (tertiary/aromatic N) is 4. The van der Waals surface area contributed by atoms with E-state index in [0.29, 0.717) is 39.0 Å². The minimum Gasteiger partial charge on any atom is -0.454 e. The maximum absolute atomic E-state index is 13.7. The summed E-state index contributed by atoms with van der Waals surface area (Å²) in [5.74, 6) is 1.49. The molecule has 3 amide bonds. The number of methoxy groups -OCH3 is 1. The van der Waals surface area contributed by atoms with Gasteiger partial charge in [-0.3, -0.25) is 19.6 Å². The smallest absolute Gasteiger partial charge is 0.327 e. The second-order valence-corrected chi connectivity index (χ2v) is 9.34. The molecule has 4 heterocycles. The number of hydrogen-bond donors (Lipinski definition) is 0. The van der Waals surface area contributed by atoms with Gasteiger partial charge in [0.1, 0.15) is 5.54 Å². The number of fused-ring (bicyclic) bond motifs is 1. The van der Waals surface area contributed by atoms with Gasteiger partial charge in [0.25, 0.3) is 5.91 Å². The van der Waals surface area contributed by atoms with Crippen LogP contribution in [0.25, 0.3) is 0 Å². The van der Waals surface area contributed by atoms with Gasteiger partial charge >= 0.3 is 6.03 Å². The van der Waals surface area contributed by atoms with Crippen LogP contribution in [0.3, 0.4) is 0 Å². The number of urea groups is 1. The zero-order valence-corrected chi connectivity index (χ0v) is 20.1. The molecule has 2 aromatic rings. The molecule has 3 aliphatic heterocycles. The highest BCUT2D eigenvalue weighted by atomic mass is 16.7. The number of aryl methyl sites for hydroxylation is 1. The number of benzene rings is 1. The third-order valence-corrected chi connectivity index (χ3v) is 7.24. The zero-order chi connectivity index (χ0) is 24.3. The lowest BCUT2D eigenvalue weighted by Gasteiger charge is -2.42. The molecule has 3 aliphatic rings. The molecule has 35 heavy (non-hydrogen) atoms. The van der Waals surface area contributed by atoms with Gasteiger partial charge in [0, 0.05) is 52.2 Å². The molecule has 2 fully saturated rings. The fourth-order valence-electron chi connectivity index (χ4n) is 5.32. The predicted octanol–water partition coefficient (Wildman–Crippen LogP) is 2.69. The third kappa shape index (κ3) is 4.70. The molecule has 0 atom stereocenters. The number of rotatable bonds is 9. The van der Waals surface area contributed by atoms with E-state index in [2.05, 4.69) is 16.0 Å². The van der Waals surface area contributed by atoms with Crippen LogP contribution >= 0.6 is 0 Å². The van der Waals surface area contributed by atoms with Crippen molar-refractivity contribution in [3.8, 4) is 11.5 Å². The van der Waals surface area contributed by atoms with Gasteiger partial charge in [-0.2, -0.15) is 0 Å². The summed E-state index contributed by atoms with van der Waals surface area (Å²) in [5.41, 5.74) is 1.47. The van der Waals surface area contributed by atoms with Crippen molar-refractivity contribution in [2.45, 2.75) is 37.8 Å². The lowest BCUT2D eigenvalue weighted by Crippen LogP contribution is -2.57. The first-order valence-electron chi connectivity index (χ1n) is 12.2. The molecule has 0 unspecified atom stereocenters. The average molecular weight is 481 g/mol. The van der Waals surface area contributed by atoms with Gasteiger partial charge in [-0.25, -0.2) is 4.79 Å². The Bertz CT molecular complexity index is 1050. The number of likely N-dealkylation sites (tertiary alicyclic amines) is 1. The summed E-state index contributed by atoms with van der Waals surface area (Å²) in [7, 11) is 1.62. The SMILES string of the molecule is COCCN1C(=O)N(CCCc2cccnc2)C(=O)C12CCN(Cc1ccc3c(c1)OCO3)CC2. The molecule has 1 spiro atoms. The Morgan fingerprint density at radius 3 is 2.66 bits per heavy atom. The topological polar surface area (TPSA) is 84.4 Å². The van der Waals surface area contributed by atoms with Gasteiger partial charge in [-0.05, 0) is 55.0 Å². The fourth-order valence-corrected chi connectivity index (χ4v) is 5.32. The number of carbonyl (C=O) groups excluding carboxylic acids is 2. The molecular weight excluding hydrogens is 448 g/mol. The Hall–Kier alpha value is -3.17. The number of aromatic nitrogens is 1. The van der Waals surface area contributed by atoms with Crippen molar-refractivity contribution in [2.24, 2.45) is 0 Å². The molecule has 9 nitrogen and oxygen atoms in total. The third-order valence-electron chi connectivity index (χ3n) is 7.24. The number of imide groups is 1. The number of hydrogen-bond acceptors (Lipinski definition) is 7. The maximum Gasteiger partial charge on any atom is 0.327 e. The Balaban J connectivity index is 1.24. The van der Waals surface area contributed by atoms with E-state index in [0.717, 1.165) is 48.7 Å². The molecule has 1 aromatic carbocycles. The highest BCUT2D eigenvalue weighted by molar-refractivity contribution is 6.07. The first-order chi connectivity index (χ1) is 17.1. The molecule has 0 bridgehead atoms. The summed E-state index contributed by atoms with van der Waals surface area (Å²) in [6.45, 7) is 3.74. The predicted molar refractivity (Wildman–Crippen MR) is 128 cm³/mol. The van der Waals surface area contributed by atoms with Crippen molar-refractivity contribution in [1.29, 1.82) is 0 Å². The van der Waals surface area contributed by atoms with Crippen molar-refractivity contribution < 1.29 is 23.8 Å². The van der Waals surface area contributed by atoms with Gasteiger partial charge in [-0.1, -0.05) is 12.1 Å². The second-order valence-electron chi connectivity index (χ2n) is 9.34. The number of carbonyl (C=O) groups is 2. The standard InChI is InChI=1S/C26H32N4O5/c1-33-15-14-30-25(32)29(11-3-5-20-4-2-10-27-17-20)24(31)26(30)8-12-28(13-9-26)18-21-6-7-22-23(16-21)35-19-34-22/h2,4,6-7,10,16-17H,3,5,8-9,11-15,18-19H2,1H3. The molecular formula is C26H32N4O5. The van der Waals surface area contributed by atoms with E-state index < -0.39 is 5.54 Å². The lowest BCUT2D eigenvalue weighted by molar-refractivity contribution is -0.136. The number of piperidine rings is 1. The molecule has 5 rings (SSSR count). The van der Waals surface area contributed by atoms with Crippen LogP contribution < -0.4 is 9.47 Å². The summed E-state index contributed by atoms with van der Waals surface area (Å²) >= 11 is 0. The number of ether oxygens (including phenoxy) is 3. The van der Waals surface area contributed by atoms with E-state index in [1.807, 2.05) is 30.5 Å².